The van der Waals surface area contributed by atoms with Gasteiger partial charge in [-0.1, -0.05) is 37.3 Å². The Kier molecular flexibility index (Phi) is 5.39. The summed E-state index contributed by atoms with van der Waals surface area (Å²) in [5.41, 5.74) is 3.88. The summed E-state index contributed by atoms with van der Waals surface area (Å²) in [6, 6.07) is 15.1. The van der Waals surface area contributed by atoms with Gasteiger partial charge in [0.1, 0.15) is 11.8 Å². The SMILES string of the molecule is CCC(=O)Nc1ccc(Cc2csc(NC(=O)c3coc4ccccc34)n2)cc1. The van der Waals surface area contributed by atoms with E-state index >= 15 is 0 Å². The summed E-state index contributed by atoms with van der Waals surface area (Å²) in [5, 5.41) is 8.91. The zero-order valence-electron chi connectivity index (χ0n) is 15.8. The molecule has 0 atom stereocenters. The number of nitrogens with zero attached hydrogens (tertiary/aromatic N) is 1. The number of aromatic nitrogens is 1. The second kappa shape index (κ2) is 8.28. The molecule has 2 heterocycles. The largest absolute Gasteiger partial charge is 0.463 e. The Labute approximate surface area is 171 Å². The molecule has 7 heteroatoms. The van der Waals surface area contributed by atoms with E-state index in [0.717, 1.165) is 22.3 Å². The number of carbonyl (C=O) groups excluding carboxylic acids is 2. The topological polar surface area (TPSA) is 84.2 Å². The molecule has 0 aliphatic rings. The summed E-state index contributed by atoms with van der Waals surface area (Å²) in [4.78, 5) is 28.5. The molecular weight excluding hydrogens is 386 g/mol. The minimum atomic E-state index is -0.244. The molecular formula is C22H19N3O3S. The van der Waals surface area contributed by atoms with Crippen LogP contribution in [0.3, 0.4) is 0 Å². The summed E-state index contributed by atoms with van der Waals surface area (Å²) in [5.74, 6) is -0.255. The number of carbonyl (C=O) groups is 2. The number of hydrogen-bond donors (Lipinski definition) is 2. The van der Waals surface area contributed by atoms with Gasteiger partial charge in [0.2, 0.25) is 5.91 Å². The molecule has 0 saturated carbocycles. The smallest absolute Gasteiger partial charge is 0.261 e. The van der Waals surface area contributed by atoms with E-state index in [9.17, 15) is 9.59 Å². The maximum Gasteiger partial charge on any atom is 0.261 e. The van der Waals surface area contributed by atoms with Crippen LogP contribution < -0.4 is 10.6 Å². The fraction of sp³-hybridized carbons (Fsp3) is 0.136. The van der Waals surface area contributed by atoms with E-state index in [0.29, 0.717) is 29.1 Å². The fourth-order valence-electron chi connectivity index (χ4n) is 2.93. The van der Waals surface area contributed by atoms with Crippen molar-refractivity contribution in [2.45, 2.75) is 19.8 Å². The van der Waals surface area contributed by atoms with Gasteiger partial charge in [-0.15, -0.1) is 11.3 Å². The Hall–Kier alpha value is -3.45. The first-order chi connectivity index (χ1) is 14.1. The summed E-state index contributed by atoms with van der Waals surface area (Å²) in [7, 11) is 0. The number of fused-ring (bicyclic) bond motifs is 1. The van der Waals surface area contributed by atoms with Crippen molar-refractivity contribution in [3.63, 3.8) is 0 Å². The lowest BCUT2D eigenvalue weighted by Gasteiger charge is -2.04. The summed E-state index contributed by atoms with van der Waals surface area (Å²) in [6.45, 7) is 1.82. The highest BCUT2D eigenvalue weighted by atomic mass is 32.1. The molecule has 2 aromatic heterocycles. The van der Waals surface area contributed by atoms with E-state index in [2.05, 4.69) is 15.6 Å². The number of nitrogens with one attached hydrogen (secondary N) is 2. The second-order valence-electron chi connectivity index (χ2n) is 6.52. The first-order valence-electron chi connectivity index (χ1n) is 9.23. The van der Waals surface area contributed by atoms with Crippen LogP contribution in [0.4, 0.5) is 10.8 Å². The molecule has 146 valence electrons. The van der Waals surface area contributed by atoms with Crippen molar-refractivity contribution in [1.29, 1.82) is 0 Å². The van der Waals surface area contributed by atoms with Crippen LogP contribution in [-0.2, 0) is 11.2 Å². The van der Waals surface area contributed by atoms with E-state index in [1.807, 2.05) is 60.8 Å². The number of hydrogen-bond acceptors (Lipinski definition) is 5. The molecule has 4 aromatic rings. The molecule has 0 spiro atoms. The van der Waals surface area contributed by atoms with E-state index in [-0.39, 0.29) is 11.8 Å². The predicted molar refractivity (Wildman–Crippen MR) is 114 cm³/mol. The van der Waals surface area contributed by atoms with Gasteiger partial charge in [-0.25, -0.2) is 4.98 Å². The van der Waals surface area contributed by atoms with Crippen molar-refractivity contribution < 1.29 is 14.0 Å². The Bertz CT molecular complexity index is 1160. The van der Waals surface area contributed by atoms with Gasteiger partial charge in [0.05, 0.1) is 11.3 Å². The molecule has 2 amide bonds. The van der Waals surface area contributed by atoms with Crippen LogP contribution in [-0.4, -0.2) is 16.8 Å². The Balaban J connectivity index is 1.41. The minimum absolute atomic E-state index is 0.0111. The fourth-order valence-corrected chi connectivity index (χ4v) is 3.63. The van der Waals surface area contributed by atoms with Crippen molar-refractivity contribution in [3.8, 4) is 0 Å². The Morgan fingerprint density at radius 2 is 1.86 bits per heavy atom. The average molecular weight is 405 g/mol. The lowest BCUT2D eigenvalue weighted by Crippen LogP contribution is -2.11. The molecule has 2 aromatic carbocycles. The maximum atomic E-state index is 12.6. The molecule has 6 nitrogen and oxygen atoms in total. The Morgan fingerprint density at radius 1 is 1.07 bits per heavy atom. The van der Waals surface area contributed by atoms with E-state index in [1.54, 1.807) is 0 Å². The lowest BCUT2D eigenvalue weighted by atomic mass is 10.1. The molecule has 0 fully saturated rings. The third-order valence-electron chi connectivity index (χ3n) is 4.44. The zero-order valence-corrected chi connectivity index (χ0v) is 16.6. The highest BCUT2D eigenvalue weighted by Gasteiger charge is 2.15. The lowest BCUT2D eigenvalue weighted by molar-refractivity contribution is -0.115. The second-order valence-corrected chi connectivity index (χ2v) is 7.38. The molecule has 29 heavy (non-hydrogen) atoms. The van der Waals surface area contributed by atoms with E-state index in [1.165, 1.54) is 17.6 Å². The van der Waals surface area contributed by atoms with Crippen molar-refractivity contribution in [2.75, 3.05) is 10.6 Å². The number of anilines is 2. The van der Waals surface area contributed by atoms with Crippen molar-refractivity contribution in [1.82, 2.24) is 4.98 Å². The molecule has 4 rings (SSSR count). The van der Waals surface area contributed by atoms with E-state index < -0.39 is 0 Å². The predicted octanol–water partition coefficient (Wildman–Crippen LogP) is 5.08. The highest BCUT2D eigenvalue weighted by Crippen LogP contribution is 2.24. The minimum Gasteiger partial charge on any atom is -0.463 e. The third-order valence-corrected chi connectivity index (χ3v) is 5.25. The number of para-hydroxylation sites is 1. The number of furan rings is 1. The molecule has 0 bridgehead atoms. The third kappa shape index (κ3) is 4.35. The molecule has 0 unspecified atom stereocenters. The maximum absolute atomic E-state index is 12.6. The van der Waals surface area contributed by atoms with Crippen LogP contribution in [0.15, 0.2) is 64.6 Å². The van der Waals surface area contributed by atoms with Gasteiger partial charge in [-0.05, 0) is 23.8 Å². The van der Waals surface area contributed by atoms with Crippen LogP contribution in [0, 0.1) is 0 Å². The van der Waals surface area contributed by atoms with Gasteiger partial charge in [-0.3, -0.25) is 14.9 Å². The highest BCUT2D eigenvalue weighted by molar-refractivity contribution is 7.14. The molecule has 0 aliphatic carbocycles. The molecule has 2 N–H and O–H groups in total. The summed E-state index contributed by atoms with van der Waals surface area (Å²) in [6.07, 6.45) is 2.56. The van der Waals surface area contributed by atoms with Crippen LogP contribution in [0.1, 0.15) is 35.0 Å². The molecule has 0 aliphatic heterocycles. The van der Waals surface area contributed by atoms with Gasteiger partial charge in [0.15, 0.2) is 5.13 Å². The van der Waals surface area contributed by atoms with Gasteiger partial charge >= 0.3 is 0 Å². The summed E-state index contributed by atoms with van der Waals surface area (Å²) < 4.78 is 5.43. The van der Waals surface area contributed by atoms with Crippen molar-refractivity contribution in [2.24, 2.45) is 0 Å². The van der Waals surface area contributed by atoms with Gasteiger partial charge in [0.25, 0.3) is 5.91 Å². The quantitative estimate of drug-likeness (QED) is 0.468. The van der Waals surface area contributed by atoms with Gasteiger partial charge in [-0.2, -0.15) is 0 Å². The zero-order chi connectivity index (χ0) is 20.2. The van der Waals surface area contributed by atoms with Crippen LogP contribution in [0.2, 0.25) is 0 Å². The van der Waals surface area contributed by atoms with Gasteiger partial charge in [0, 0.05) is 29.3 Å². The van der Waals surface area contributed by atoms with Gasteiger partial charge < -0.3 is 9.73 Å². The molecule has 0 saturated heterocycles. The number of benzene rings is 2. The first-order valence-corrected chi connectivity index (χ1v) is 10.1. The Morgan fingerprint density at radius 3 is 2.66 bits per heavy atom. The first kappa shape index (κ1) is 18.9. The standard InChI is InChI=1S/C22H19N3O3S/c1-2-20(26)23-15-9-7-14(8-10-15)11-16-13-29-22(24-16)25-21(27)18-12-28-19-6-4-3-5-17(18)19/h3-10,12-13H,2,11H2,1H3,(H,23,26)(H,24,25,27). The van der Waals surface area contributed by atoms with E-state index in [4.69, 9.17) is 4.42 Å². The number of thiazole rings is 1. The molecule has 0 radical (unpaired) electrons. The van der Waals surface area contributed by atoms with Crippen LogP contribution >= 0.6 is 11.3 Å². The number of amides is 2. The average Bonchev–Trinajstić information content (AvgIpc) is 3.36. The monoisotopic (exact) mass is 405 g/mol. The summed E-state index contributed by atoms with van der Waals surface area (Å²) >= 11 is 1.38. The number of rotatable bonds is 6. The van der Waals surface area contributed by atoms with Crippen molar-refractivity contribution in [3.05, 3.63) is 77.0 Å². The van der Waals surface area contributed by atoms with Crippen LogP contribution in [0.25, 0.3) is 11.0 Å². The van der Waals surface area contributed by atoms with Crippen molar-refractivity contribution >= 4 is 44.9 Å². The normalized spacial score (nSPS) is 10.8. The van der Waals surface area contributed by atoms with Crippen LogP contribution in [0.5, 0.6) is 0 Å².